The minimum absolute atomic E-state index is 0.0348. The molecule has 0 unspecified atom stereocenters. The Morgan fingerprint density at radius 3 is 2.74 bits per heavy atom. The van der Waals surface area contributed by atoms with Gasteiger partial charge >= 0.3 is 0 Å². The second-order valence-electron chi connectivity index (χ2n) is 4.90. The summed E-state index contributed by atoms with van der Waals surface area (Å²) in [5.74, 6) is 0.0319. The molecule has 5 heteroatoms. The highest BCUT2D eigenvalue weighted by molar-refractivity contribution is 6.20. The largest absolute Gasteiger partial charge is 0.322 e. The lowest BCUT2D eigenvalue weighted by Gasteiger charge is -2.38. The molecule has 1 heterocycles. The average Bonchev–Trinajstić information content (AvgIpc) is 2.36. The molecule has 0 radical (unpaired) electrons. The molecular weight excluding hydrogens is 264 g/mol. The third-order valence-electron chi connectivity index (χ3n) is 3.18. The fourth-order valence-electron chi connectivity index (χ4n) is 2.35. The molecule has 0 spiro atoms. The summed E-state index contributed by atoms with van der Waals surface area (Å²) < 4.78 is 0. The van der Waals surface area contributed by atoms with Gasteiger partial charge in [0.05, 0.1) is 11.4 Å². The van der Waals surface area contributed by atoms with Crippen LogP contribution in [-0.2, 0) is 9.59 Å². The van der Waals surface area contributed by atoms with Crippen molar-refractivity contribution in [2.45, 2.75) is 26.3 Å². The van der Waals surface area contributed by atoms with E-state index in [1.807, 2.05) is 32.0 Å². The Hall–Kier alpha value is -1.55. The van der Waals surface area contributed by atoms with Crippen LogP contribution in [0.15, 0.2) is 24.3 Å². The summed E-state index contributed by atoms with van der Waals surface area (Å²) in [5.41, 5.74) is 1.42. The summed E-state index contributed by atoms with van der Waals surface area (Å²) in [6.45, 7) is 3.86. The Bertz CT molecular complexity index is 502. The number of nitrogens with one attached hydrogen (secondary N) is 1. The molecule has 1 aliphatic rings. The first-order chi connectivity index (χ1) is 9.06. The number of benzene rings is 1. The van der Waals surface area contributed by atoms with Crippen molar-refractivity contribution < 1.29 is 9.59 Å². The summed E-state index contributed by atoms with van der Waals surface area (Å²) in [4.78, 5) is 26.0. The zero-order chi connectivity index (χ0) is 14.0. The third-order valence-corrected chi connectivity index (χ3v) is 3.37. The second kappa shape index (κ2) is 5.61. The van der Waals surface area contributed by atoms with Gasteiger partial charge in [0, 0.05) is 12.3 Å². The van der Waals surface area contributed by atoms with Gasteiger partial charge in [-0.2, -0.15) is 0 Å². The minimum Gasteiger partial charge on any atom is -0.322 e. The minimum atomic E-state index is -0.481. The Morgan fingerprint density at radius 1 is 1.42 bits per heavy atom. The van der Waals surface area contributed by atoms with Crippen molar-refractivity contribution in [3.05, 3.63) is 24.3 Å². The first kappa shape index (κ1) is 13.9. The van der Waals surface area contributed by atoms with Crippen LogP contribution >= 0.6 is 11.6 Å². The molecule has 0 bridgehead atoms. The monoisotopic (exact) mass is 280 g/mol. The summed E-state index contributed by atoms with van der Waals surface area (Å²) >= 11 is 5.66. The third kappa shape index (κ3) is 2.59. The molecule has 0 saturated heterocycles. The van der Waals surface area contributed by atoms with Crippen molar-refractivity contribution in [3.63, 3.8) is 0 Å². The number of carbonyl (C=O) groups is 2. The van der Waals surface area contributed by atoms with E-state index in [1.54, 1.807) is 11.0 Å². The van der Waals surface area contributed by atoms with Crippen molar-refractivity contribution in [3.8, 4) is 0 Å². The number of nitrogens with zero attached hydrogens (tertiary/aromatic N) is 1. The molecule has 1 aromatic carbocycles. The van der Waals surface area contributed by atoms with Crippen LogP contribution in [0.25, 0.3) is 0 Å². The molecule has 1 aromatic rings. The standard InChI is InChI=1S/C14H17ClN2O2/c1-9(2)13-14(19)16-10-5-3-4-6-11(10)17(13)12(18)7-8-15/h3-6,9,13H,7-8H2,1-2H3,(H,16,19)/t13-/m0/s1. The molecule has 0 saturated carbocycles. The molecule has 1 N–H and O–H groups in total. The molecular formula is C14H17ClN2O2. The maximum Gasteiger partial charge on any atom is 0.247 e. The summed E-state index contributed by atoms with van der Waals surface area (Å²) in [7, 11) is 0. The summed E-state index contributed by atoms with van der Waals surface area (Å²) in [5, 5.41) is 2.85. The molecule has 102 valence electrons. The number of carbonyl (C=O) groups excluding carboxylic acids is 2. The van der Waals surface area contributed by atoms with E-state index >= 15 is 0 Å². The average molecular weight is 281 g/mol. The Labute approximate surface area is 117 Å². The number of halogens is 1. The lowest BCUT2D eigenvalue weighted by Crippen LogP contribution is -2.53. The SMILES string of the molecule is CC(C)[C@H]1C(=O)Nc2ccccc2N1C(=O)CCCl. The van der Waals surface area contributed by atoms with Gasteiger partial charge < -0.3 is 5.32 Å². The number of rotatable bonds is 3. The number of hydrogen-bond acceptors (Lipinski definition) is 2. The number of alkyl halides is 1. The smallest absolute Gasteiger partial charge is 0.247 e. The van der Waals surface area contributed by atoms with Gasteiger partial charge in [-0.1, -0.05) is 26.0 Å². The van der Waals surface area contributed by atoms with E-state index in [-0.39, 0.29) is 30.0 Å². The summed E-state index contributed by atoms with van der Waals surface area (Å²) in [6.07, 6.45) is 0.229. The van der Waals surface area contributed by atoms with Gasteiger partial charge in [0.2, 0.25) is 11.8 Å². The quantitative estimate of drug-likeness (QED) is 0.866. The van der Waals surface area contributed by atoms with Gasteiger partial charge in [0.25, 0.3) is 0 Å². The van der Waals surface area contributed by atoms with Crippen LogP contribution in [0.2, 0.25) is 0 Å². The van der Waals surface area contributed by atoms with E-state index < -0.39 is 6.04 Å². The van der Waals surface area contributed by atoms with Crippen molar-refractivity contribution in [1.29, 1.82) is 0 Å². The van der Waals surface area contributed by atoms with Gasteiger partial charge in [0.15, 0.2) is 0 Å². The van der Waals surface area contributed by atoms with Crippen molar-refractivity contribution in [2.75, 3.05) is 16.1 Å². The van der Waals surface area contributed by atoms with E-state index in [0.717, 1.165) is 5.69 Å². The van der Waals surface area contributed by atoms with Gasteiger partial charge in [-0.25, -0.2) is 0 Å². The van der Waals surface area contributed by atoms with Gasteiger partial charge in [0.1, 0.15) is 6.04 Å². The highest BCUT2D eigenvalue weighted by atomic mass is 35.5. The predicted octanol–water partition coefficient (Wildman–Crippen LogP) is 2.63. The fraction of sp³-hybridized carbons (Fsp3) is 0.429. The van der Waals surface area contributed by atoms with Crippen LogP contribution < -0.4 is 10.2 Å². The Balaban J connectivity index is 2.47. The highest BCUT2D eigenvalue weighted by Gasteiger charge is 2.38. The van der Waals surface area contributed by atoms with Crippen LogP contribution in [0.3, 0.4) is 0 Å². The zero-order valence-corrected chi connectivity index (χ0v) is 11.8. The van der Waals surface area contributed by atoms with E-state index in [0.29, 0.717) is 5.69 Å². The van der Waals surface area contributed by atoms with Gasteiger partial charge in [-0.3, -0.25) is 14.5 Å². The Morgan fingerprint density at radius 2 is 2.11 bits per heavy atom. The van der Waals surface area contributed by atoms with Crippen molar-refractivity contribution in [2.24, 2.45) is 5.92 Å². The normalized spacial score (nSPS) is 18.2. The molecule has 0 aliphatic carbocycles. The molecule has 1 atom stereocenters. The van der Waals surface area contributed by atoms with Crippen LogP contribution in [0.1, 0.15) is 20.3 Å². The van der Waals surface area contributed by atoms with Crippen molar-refractivity contribution in [1.82, 2.24) is 0 Å². The topological polar surface area (TPSA) is 49.4 Å². The Kier molecular flexibility index (Phi) is 4.10. The molecule has 0 aromatic heterocycles. The molecule has 2 rings (SSSR count). The van der Waals surface area contributed by atoms with E-state index in [2.05, 4.69) is 5.32 Å². The van der Waals surface area contributed by atoms with Crippen LogP contribution in [0.4, 0.5) is 11.4 Å². The van der Waals surface area contributed by atoms with Crippen molar-refractivity contribution >= 4 is 34.8 Å². The maximum atomic E-state index is 12.3. The van der Waals surface area contributed by atoms with Gasteiger partial charge in [-0.15, -0.1) is 11.6 Å². The molecule has 2 amide bonds. The van der Waals surface area contributed by atoms with E-state index in [4.69, 9.17) is 11.6 Å². The lowest BCUT2D eigenvalue weighted by atomic mass is 9.97. The highest BCUT2D eigenvalue weighted by Crippen LogP contribution is 2.34. The van der Waals surface area contributed by atoms with Crippen LogP contribution in [0, 0.1) is 5.92 Å². The van der Waals surface area contributed by atoms with Gasteiger partial charge in [-0.05, 0) is 18.1 Å². The predicted molar refractivity (Wildman–Crippen MR) is 76.5 cm³/mol. The maximum absolute atomic E-state index is 12.3. The first-order valence-corrected chi connectivity index (χ1v) is 6.87. The number of para-hydroxylation sites is 2. The lowest BCUT2D eigenvalue weighted by molar-refractivity contribution is -0.124. The molecule has 0 fully saturated rings. The molecule has 1 aliphatic heterocycles. The molecule has 4 nitrogen and oxygen atoms in total. The number of amides is 2. The van der Waals surface area contributed by atoms with E-state index in [9.17, 15) is 9.59 Å². The number of hydrogen-bond donors (Lipinski definition) is 1. The fourth-order valence-corrected chi connectivity index (χ4v) is 2.52. The second-order valence-corrected chi connectivity index (χ2v) is 5.28. The molecule has 19 heavy (non-hydrogen) atoms. The zero-order valence-electron chi connectivity index (χ0n) is 11.0. The van der Waals surface area contributed by atoms with Crippen LogP contribution in [-0.4, -0.2) is 23.7 Å². The van der Waals surface area contributed by atoms with Crippen LogP contribution in [0.5, 0.6) is 0 Å². The summed E-state index contributed by atoms with van der Waals surface area (Å²) in [6, 6.07) is 6.85. The number of fused-ring (bicyclic) bond motifs is 1. The first-order valence-electron chi connectivity index (χ1n) is 6.34. The van der Waals surface area contributed by atoms with E-state index in [1.165, 1.54) is 0 Å². The number of anilines is 2.